The fourth-order valence-electron chi connectivity index (χ4n) is 0.564. The first-order valence-electron chi connectivity index (χ1n) is 3.22. The highest BCUT2D eigenvalue weighted by Crippen LogP contribution is 2.13. The van der Waals surface area contributed by atoms with Gasteiger partial charge in [0.1, 0.15) is 11.6 Å². The Balaban J connectivity index is 2.47. The molecule has 4 nitrogen and oxygen atoms in total. The summed E-state index contributed by atoms with van der Waals surface area (Å²) in [6.45, 7) is 3.87. The smallest absolute Gasteiger partial charge is 0.355 e. The molecule has 0 spiro atoms. The van der Waals surface area contributed by atoms with E-state index >= 15 is 0 Å². The summed E-state index contributed by atoms with van der Waals surface area (Å²) in [6, 6.07) is 1.61. The molecule has 0 unspecified atom stereocenters. The van der Waals surface area contributed by atoms with E-state index in [1.54, 1.807) is 6.07 Å². The molecule has 0 atom stereocenters. The largest absolute Gasteiger partial charge is 0.397 e. The van der Waals surface area contributed by atoms with E-state index in [2.05, 4.69) is 11.6 Å². The first kappa shape index (κ1) is 8.81. The van der Waals surface area contributed by atoms with Crippen LogP contribution in [0.25, 0.3) is 0 Å². The van der Waals surface area contributed by atoms with E-state index in [9.17, 15) is 4.79 Å². The zero-order chi connectivity index (χ0) is 8.97. The number of carbonyl (C=O) groups excluding carboxylic acids is 1. The minimum atomic E-state index is -0.717. The number of nitriles is 1. The highest BCUT2D eigenvalue weighted by atomic mass is 32.2. The maximum atomic E-state index is 10.9. The third-order valence-electron chi connectivity index (χ3n) is 1.12. The fourth-order valence-corrected chi connectivity index (χ4v) is 1.24. The predicted molar refractivity (Wildman–Crippen MR) is 45.6 cm³/mol. The van der Waals surface area contributed by atoms with Crippen molar-refractivity contribution in [2.45, 2.75) is 0 Å². The highest BCUT2D eigenvalue weighted by molar-refractivity contribution is 8.13. The Morgan fingerprint density at radius 3 is 3.08 bits per heavy atom. The molecule has 0 aromatic heterocycles. The summed E-state index contributed by atoms with van der Waals surface area (Å²) in [5.74, 6) is 0.104. The van der Waals surface area contributed by atoms with Gasteiger partial charge < -0.3 is 4.74 Å². The summed E-state index contributed by atoms with van der Waals surface area (Å²) < 4.78 is 4.72. The lowest BCUT2D eigenvalue weighted by atomic mass is 10.3. The Labute approximate surface area is 73.9 Å². The molecule has 0 aliphatic carbocycles. The average Bonchev–Trinajstić information content (AvgIpc) is 2.55. The molecular formula is C7H6N2O2S. The summed E-state index contributed by atoms with van der Waals surface area (Å²) in [4.78, 5) is 14.8. The maximum Gasteiger partial charge on any atom is 0.355 e. The van der Waals surface area contributed by atoms with Gasteiger partial charge in [0.05, 0.1) is 6.54 Å². The van der Waals surface area contributed by atoms with Gasteiger partial charge >= 0.3 is 5.97 Å². The number of carbonyl (C=O) groups is 1. The van der Waals surface area contributed by atoms with Crippen molar-refractivity contribution < 1.29 is 9.53 Å². The van der Waals surface area contributed by atoms with Crippen molar-refractivity contribution in [1.82, 2.24) is 0 Å². The van der Waals surface area contributed by atoms with E-state index in [1.165, 1.54) is 11.8 Å². The second kappa shape index (κ2) is 3.93. The molecule has 1 heterocycles. The summed E-state index contributed by atoms with van der Waals surface area (Å²) >= 11 is 1.36. The lowest BCUT2D eigenvalue weighted by Crippen LogP contribution is -2.09. The number of esters is 1. The first-order chi connectivity index (χ1) is 5.74. The van der Waals surface area contributed by atoms with Crippen molar-refractivity contribution in [3.05, 3.63) is 12.2 Å². The van der Waals surface area contributed by atoms with Crippen molar-refractivity contribution in [3.63, 3.8) is 0 Å². The van der Waals surface area contributed by atoms with Crippen LogP contribution < -0.4 is 0 Å². The molecule has 0 radical (unpaired) electrons. The van der Waals surface area contributed by atoms with Crippen LogP contribution in [-0.4, -0.2) is 23.5 Å². The molecule has 0 fully saturated rings. The molecule has 5 heteroatoms. The Kier molecular flexibility index (Phi) is 2.88. The zero-order valence-electron chi connectivity index (χ0n) is 6.24. The standard InChI is InChI=1S/C7H6N2O2S/c1-5(4-8)6(10)11-7-9-2-3-12-7/h1-3H2. The second-order valence-corrected chi connectivity index (χ2v) is 3.02. The van der Waals surface area contributed by atoms with Gasteiger partial charge in [0.25, 0.3) is 5.23 Å². The second-order valence-electron chi connectivity index (χ2n) is 1.98. The lowest BCUT2D eigenvalue weighted by molar-refractivity contribution is -0.130. The maximum absolute atomic E-state index is 10.9. The molecule has 0 N–H and O–H groups in total. The van der Waals surface area contributed by atoms with Crippen LogP contribution in [0.1, 0.15) is 0 Å². The number of hydrogen-bond donors (Lipinski definition) is 0. The van der Waals surface area contributed by atoms with E-state index in [0.717, 1.165) is 5.75 Å². The number of aliphatic imine (C=N–C) groups is 1. The molecule has 0 aromatic rings. The first-order valence-corrected chi connectivity index (χ1v) is 4.21. The lowest BCUT2D eigenvalue weighted by Gasteiger charge is -1.98. The molecule has 1 aliphatic heterocycles. The monoisotopic (exact) mass is 182 g/mol. The van der Waals surface area contributed by atoms with Crippen LogP contribution in [0, 0.1) is 11.3 Å². The summed E-state index contributed by atoms with van der Waals surface area (Å²) in [5.41, 5.74) is -0.204. The van der Waals surface area contributed by atoms with E-state index in [4.69, 9.17) is 10.00 Å². The van der Waals surface area contributed by atoms with Gasteiger partial charge in [0, 0.05) is 5.75 Å². The van der Waals surface area contributed by atoms with Crippen molar-refractivity contribution in [2.75, 3.05) is 12.3 Å². The number of nitrogens with zero attached hydrogens (tertiary/aromatic N) is 2. The number of ether oxygens (including phenoxy) is 1. The van der Waals surface area contributed by atoms with Crippen LogP contribution in [0.5, 0.6) is 0 Å². The van der Waals surface area contributed by atoms with E-state index in [0.29, 0.717) is 11.8 Å². The fraction of sp³-hybridized carbons (Fsp3) is 0.286. The number of thioether (sulfide) groups is 1. The molecule has 1 rings (SSSR count). The van der Waals surface area contributed by atoms with E-state index in [-0.39, 0.29) is 5.57 Å². The Bertz CT molecular complexity index is 290. The molecule has 0 amide bonds. The number of rotatable bonds is 1. The van der Waals surface area contributed by atoms with Crippen molar-refractivity contribution in [2.24, 2.45) is 4.99 Å². The molecule has 1 aliphatic rings. The topological polar surface area (TPSA) is 62.5 Å². The summed E-state index contributed by atoms with van der Waals surface area (Å²) in [5, 5.41) is 8.61. The van der Waals surface area contributed by atoms with Crippen LogP contribution in [0.2, 0.25) is 0 Å². The van der Waals surface area contributed by atoms with Crippen LogP contribution >= 0.6 is 11.8 Å². The molecule has 62 valence electrons. The van der Waals surface area contributed by atoms with Crippen molar-refractivity contribution in [3.8, 4) is 6.07 Å². The molecule has 0 saturated heterocycles. The van der Waals surface area contributed by atoms with Crippen LogP contribution in [0.15, 0.2) is 17.1 Å². The Hall–Kier alpha value is -1.28. The van der Waals surface area contributed by atoms with Gasteiger partial charge in [-0.3, -0.25) is 0 Å². The molecule has 0 saturated carbocycles. The van der Waals surface area contributed by atoms with Crippen molar-refractivity contribution >= 4 is 23.0 Å². The summed E-state index contributed by atoms with van der Waals surface area (Å²) in [6.07, 6.45) is 0. The van der Waals surface area contributed by atoms with Gasteiger partial charge in [-0.1, -0.05) is 18.3 Å². The number of hydrogen-bond acceptors (Lipinski definition) is 5. The summed E-state index contributed by atoms with van der Waals surface area (Å²) in [7, 11) is 0. The highest BCUT2D eigenvalue weighted by Gasteiger charge is 2.15. The average molecular weight is 182 g/mol. The van der Waals surface area contributed by atoms with Gasteiger partial charge in [0.15, 0.2) is 0 Å². The SMILES string of the molecule is C=C(C#N)C(=O)OC1=NCCS1. The van der Waals surface area contributed by atoms with Crippen LogP contribution in [-0.2, 0) is 9.53 Å². The minimum absolute atomic E-state index is 0.204. The van der Waals surface area contributed by atoms with Gasteiger partial charge in [-0.2, -0.15) is 5.26 Å². The zero-order valence-corrected chi connectivity index (χ0v) is 7.06. The minimum Gasteiger partial charge on any atom is -0.397 e. The molecule has 0 bridgehead atoms. The third-order valence-corrected chi connectivity index (χ3v) is 1.97. The molecular weight excluding hydrogens is 176 g/mol. The van der Waals surface area contributed by atoms with Crippen molar-refractivity contribution in [1.29, 1.82) is 5.26 Å². The quantitative estimate of drug-likeness (QED) is 0.340. The van der Waals surface area contributed by atoms with Gasteiger partial charge in [-0.05, 0) is 0 Å². The van der Waals surface area contributed by atoms with Crippen LogP contribution in [0.3, 0.4) is 0 Å². The van der Waals surface area contributed by atoms with E-state index in [1.807, 2.05) is 0 Å². The van der Waals surface area contributed by atoms with Gasteiger partial charge in [-0.25, -0.2) is 9.79 Å². The Morgan fingerprint density at radius 1 is 1.83 bits per heavy atom. The van der Waals surface area contributed by atoms with Crippen LogP contribution in [0.4, 0.5) is 0 Å². The predicted octanol–water partition coefficient (Wildman–Crippen LogP) is 0.712. The molecule has 12 heavy (non-hydrogen) atoms. The van der Waals surface area contributed by atoms with Gasteiger partial charge in [-0.15, -0.1) is 0 Å². The Morgan fingerprint density at radius 2 is 2.58 bits per heavy atom. The van der Waals surface area contributed by atoms with E-state index < -0.39 is 5.97 Å². The normalized spacial score (nSPS) is 14.8. The molecule has 0 aromatic carbocycles. The third kappa shape index (κ3) is 2.10. The van der Waals surface area contributed by atoms with Gasteiger partial charge in [0.2, 0.25) is 0 Å².